The third-order valence-electron chi connectivity index (χ3n) is 4.87. The normalized spacial score (nSPS) is 25.9. The molecule has 1 nitrogen and oxygen atoms in total. The molecule has 1 atom stereocenters. The van der Waals surface area contributed by atoms with Gasteiger partial charge in [0.15, 0.2) is 0 Å². The third-order valence-corrected chi connectivity index (χ3v) is 4.87. The Bertz CT molecular complexity index is 590. The average Bonchev–Trinajstić information content (AvgIpc) is 2.93. The second kappa shape index (κ2) is 4.21. The second-order valence-electron chi connectivity index (χ2n) is 5.72. The lowest BCUT2D eigenvalue weighted by atomic mass is 9.75. The van der Waals surface area contributed by atoms with Gasteiger partial charge in [0.1, 0.15) is 0 Å². The van der Waals surface area contributed by atoms with Gasteiger partial charge in [-0.05, 0) is 42.5 Å². The van der Waals surface area contributed by atoms with Crippen molar-refractivity contribution in [1.29, 1.82) is 0 Å². The van der Waals surface area contributed by atoms with Crippen molar-refractivity contribution in [3.05, 3.63) is 71.3 Å². The van der Waals surface area contributed by atoms with Crippen LogP contribution in [0.4, 0.5) is 0 Å². The molecule has 0 bridgehead atoms. The summed E-state index contributed by atoms with van der Waals surface area (Å²) in [7, 11) is 0. The average molecular weight is 249 g/mol. The van der Waals surface area contributed by atoms with Gasteiger partial charge in [0.05, 0.1) is 5.54 Å². The zero-order valence-electron chi connectivity index (χ0n) is 11.2. The smallest absolute Gasteiger partial charge is 0.0718 e. The molecule has 19 heavy (non-hydrogen) atoms. The molecular weight excluding hydrogens is 230 g/mol. The summed E-state index contributed by atoms with van der Waals surface area (Å²) in [4.78, 5) is 2.70. The highest BCUT2D eigenvalue weighted by Gasteiger charge is 2.46. The van der Waals surface area contributed by atoms with Crippen LogP contribution in [0.5, 0.6) is 0 Å². The highest BCUT2D eigenvalue weighted by atomic mass is 15.2. The highest BCUT2D eigenvalue weighted by Crippen LogP contribution is 2.47. The van der Waals surface area contributed by atoms with Gasteiger partial charge >= 0.3 is 0 Å². The number of hydrogen-bond donors (Lipinski definition) is 0. The van der Waals surface area contributed by atoms with Gasteiger partial charge in [-0.1, -0.05) is 54.6 Å². The maximum absolute atomic E-state index is 2.70. The molecule has 1 heteroatoms. The predicted molar refractivity (Wildman–Crippen MR) is 78.2 cm³/mol. The van der Waals surface area contributed by atoms with E-state index < -0.39 is 0 Å². The van der Waals surface area contributed by atoms with Crippen molar-refractivity contribution >= 4 is 0 Å². The monoisotopic (exact) mass is 249 g/mol. The largest absolute Gasteiger partial charge is 0.289 e. The lowest BCUT2D eigenvalue weighted by Crippen LogP contribution is -2.47. The number of nitrogens with zero attached hydrogens (tertiary/aromatic N) is 1. The van der Waals surface area contributed by atoms with Crippen molar-refractivity contribution in [3.8, 4) is 0 Å². The predicted octanol–water partition coefficient (Wildman–Crippen LogP) is 3.58. The molecule has 4 rings (SSSR count). The van der Waals surface area contributed by atoms with E-state index in [9.17, 15) is 0 Å². The molecule has 2 heterocycles. The summed E-state index contributed by atoms with van der Waals surface area (Å²) < 4.78 is 0. The SMILES string of the molecule is c1ccc([C@@]23CCCN2CCc2ccccc23)cc1. The van der Waals surface area contributed by atoms with E-state index >= 15 is 0 Å². The molecule has 2 aromatic rings. The standard InChI is InChI=1S/C18H19N/c1-2-8-16(9-3-1)18-12-6-13-19(18)14-11-15-7-4-5-10-17(15)18/h1-5,7-10H,6,11-14H2/t18-/m1/s1. The van der Waals surface area contributed by atoms with E-state index in [4.69, 9.17) is 0 Å². The Hall–Kier alpha value is -1.60. The van der Waals surface area contributed by atoms with Crippen LogP contribution >= 0.6 is 0 Å². The Labute approximate surface area is 114 Å². The summed E-state index contributed by atoms with van der Waals surface area (Å²) in [6, 6.07) is 20.1. The minimum absolute atomic E-state index is 0.149. The molecule has 0 unspecified atom stereocenters. The zero-order valence-corrected chi connectivity index (χ0v) is 11.2. The van der Waals surface area contributed by atoms with E-state index in [2.05, 4.69) is 59.5 Å². The van der Waals surface area contributed by atoms with Gasteiger partial charge in [0.25, 0.3) is 0 Å². The van der Waals surface area contributed by atoms with Crippen LogP contribution < -0.4 is 0 Å². The first-order chi connectivity index (χ1) is 9.41. The molecule has 1 saturated heterocycles. The Balaban J connectivity index is 1.97. The van der Waals surface area contributed by atoms with Crippen LogP contribution in [0.2, 0.25) is 0 Å². The van der Waals surface area contributed by atoms with Crippen molar-refractivity contribution in [3.63, 3.8) is 0 Å². The molecule has 0 radical (unpaired) electrons. The maximum Gasteiger partial charge on any atom is 0.0718 e. The van der Waals surface area contributed by atoms with E-state index in [1.165, 1.54) is 37.9 Å². The number of benzene rings is 2. The van der Waals surface area contributed by atoms with Crippen LogP contribution in [0, 0.1) is 0 Å². The Kier molecular flexibility index (Phi) is 2.49. The van der Waals surface area contributed by atoms with Crippen molar-refractivity contribution in [1.82, 2.24) is 4.90 Å². The van der Waals surface area contributed by atoms with Crippen molar-refractivity contribution < 1.29 is 0 Å². The summed E-state index contributed by atoms with van der Waals surface area (Å²) in [6.45, 7) is 2.44. The van der Waals surface area contributed by atoms with Crippen LogP contribution in [0.3, 0.4) is 0 Å². The molecule has 1 fully saturated rings. The molecule has 0 saturated carbocycles. The Morgan fingerprint density at radius 3 is 2.53 bits per heavy atom. The molecule has 0 N–H and O–H groups in total. The molecule has 0 spiro atoms. The molecule has 2 aromatic carbocycles. The van der Waals surface area contributed by atoms with Gasteiger partial charge in [0, 0.05) is 6.54 Å². The highest BCUT2D eigenvalue weighted by molar-refractivity contribution is 5.46. The van der Waals surface area contributed by atoms with E-state index in [1.807, 2.05) is 0 Å². The van der Waals surface area contributed by atoms with Gasteiger partial charge in [-0.2, -0.15) is 0 Å². The van der Waals surface area contributed by atoms with Crippen LogP contribution in [-0.4, -0.2) is 18.0 Å². The summed E-state index contributed by atoms with van der Waals surface area (Å²) >= 11 is 0. The fourth-order valence-corrected chi connectivity index (χ4v) is 4.08. The minimum Gasteiger partial charge on any atom is -0.289 e. The van der Waals surface area contributed by atoms with Crippen LogP contribution in [0.25, 0.3) is 0 Å². The van der Waals surface area contributed by atoms with Crippen molar-refractivity contribution in [2.24, 2.45) is 0 Å². The van der Waals surface area contributed by atoms with E-state index in [0.717, 1.165) is 0 Å². The van der Waals surface area contributed by atoms with Crippen molar-refractivity contribution in [2.75, 3.05) is 13.1 Å². The van der Waals surface area contributed by atoms with Gasteiger partial charge in [-0.3, -0.25) is 4.90 Å². The third kappa shape index (κ3) is 1.51. The van der Waals surface area contributed by atoms with Gasteiger partial charge in [-0.25, -0.2) is 0 Å². The lowest BCUT2D eigenvalue weighted by Gasteiger charge is -2.44. The van der Waals surface area contributed by atoms with E-state index in [-0.39, 0.29) is 5.54 Å². The topological polar surface area (TPSA) is 3.24 Å². The summed E-state index contributed by atoms with van der Waals surface area (Å²) in [5, 5.41) is 0. The first-order valence-electron chi connectivity index (χ1n) is 7.30. The van der Waals surface area contributed by atoms with Crippen LogP contribution in [0.1, 0.15) is 29.5 Å². The summed E-state index contributed by atoms with van der Waals surface area (Å²) in [5.41, 5.74) is 4.71. The molecule has 0 aromatic heterocycles. The number of rotatable bonds is 1. The summed E-state index contributed by atoms with van der Waals surface area (Å²) in [5.74, 6) is 0. The van der Waals surface area contributed by atoms with Gasteiger partial charge < -0.3 is 0 Å². The molecule has 96 valence electrons. The quantitative estimate of drug-likeness (QED) is 0.746. The maximum atomic E-state index is 2.70. The Morgan fingerprint density at radius 2 is 1.63 bits per heavy atom. The van der Waals surface area contributed by atoms with E-state index in [0.29, 0.717) is 0 Å². The fraction of sp³-hybridized carbons (Fsp3) is 0.333. The lowest BCUT2D eigenvalue weighted by molar-refractivity contribution is 0.164. The Morgan fingerprint density at radius 1 is 0.842 bits per heavy atom. The van der Waals surface area contributed by atoms with Gasteiger partial charge in [0.2, 0.25) is 0 Å². The molecular formula is C18H19N. The fourth-order valence-electron chi connectivity index (χ4n) is 4.08. The van der Waals surface area contributed by atoms with Crippen molar-refractivity contribution in [2.45, 2.75) is 24.8 Å². The molecule has 0 aliphatic carbocycles. The van der Waals surface area contributed by atoms with Crippen LogP contribution in [-0.2, 0) is 12.0 Å². The minimum atomic E-state index is 0.149. The summed E-state index contributed by atoms with van der Waals surface area (Å²) in [6.07, 6.45) is 3.77. The molecule has 2 aliphatic rings. The molecule has 0 amide bonds. The number of fused-ring (bicyclic) bond motifs is 3. The van der Waals surface area contributed by atoms with Crippen LogP contribution in [0.15, 0.2) is 54.6 Å². The zero-order chi connectivity index (χ0) is 12.7. The first-order valence-corrected chi connectivity index (χ1v) is 7.30. The molecule has 2 aliphatic heterocycles. The first kappa shape index (κ1) is 11.2. The second-order valence-corrected chi connectivity index (χ2v) is 5.72. The van der Waals surface area contributed by atoms with E-state index in [1.54, 1.807) is 11.1 Å². The number of hydrogen-bond acceptors (Lipinski definition) is 1. The van der Waals surface area contributed by atoms with Gasteiger partial charge in [-0.15, -0.1) is 0 Å².